The van der Waals surface area contributed by atoms with Crippen LogP contribution in [0.1, 0.15) is 79.3 Å². The third kappa shape index (κ3) is 2.88. The van der Waals surface area contributed by atoms with E-state index in [0.717, 1.165) is 46.3 Å². The van der Waals surface area contributed by atoms with Crippen molar-refractivity contribution in [3.8, 4) is 0 Å². The molecule has 6 nitrogen and oxygen atoms in total. The minimum absolute atomic E-state index is 0.0343. The molecule has 1 N–H and O–H groups in total. The van der Waals surface area contributed by atoms with Gasteiger partial charge < -0.3 is 4.52 Å². The fourth-order valence-electron chi connectivity index (χ4n) is 4.06. The van der Waals surface area contributed by atoms with E-state index in [1.165, 1.54) is 25.7 Å². The average Bonchev–Trinajstić information content (AvgIpc) is 2.94. The number of nitrogens with one attached hydrogen (secondary N) is 1. The van der Waals surface area contributed by atoms with Gasteiger partial charge in [-0.05, 0) is 33.6 Å². The van der Waals surface area contributed by atoms with Crippen LogP contribution in [0.3, 0.4) is 0 Å². The molecule has 1 atom stereocenters. The second-order valence-electron chi connectivity index (χ2n) is 7.06. The van der Waals surface area contributed by atoms with E-state index in [2.05, 4.69) is 10.3 Å². The van der Waals surface area contributed by atoms with Crippen LogP contribution < -0.4 is 5.56 Å². The van der Waals surface area contributed by atoms with Gasteiger partial charge in [-0.3, -0.25) is 14.6 Å². The normalized spacial score (nSPS) is 21.7. The Kier molecular flexibility index (Phi) is 4.35. The molecule has 0 spiro atoms. The second-order valence-corrected chi connectivity index (χ2v) is 8.36. The summed E-state index contributed by atoms with van der Waals surface area (Å²) in [6, 6.07) is 0.337. The molecule has 0 saturated heterocycles. The fraction of sp³-hybridized carbons (Fsp3) is 0.611. The second kappa shape index (κ2) is 6.52. The Morgan fingerprint density at radius 3 is 2.48 bits per heavy atom. The summed E-state index contributed by atoms with van der Waals surface area (Å²) in [5.41, 5.74) is 2.56. The first-order valence-electron chi connectivity index (χ1n) is 9.05. The summed E-state index contributed by atoms with van der Waals surface area (Å²) in [5.74, 6) is 1.58. The van der Waals surface area contributed by atoms with E-state index in [0.29, 0.717) is 6.04 Å². The lowest BCUT2D eigenvalue weighted by Crippen LogP contribution is -2.14. The largest absolute Gasteiger partial charge is 0.361 e. The molecular weight excluding hydrogens is 336 g/mol. The lowest BCUT2D eigenvalue weighted by atomic mass is 10.0. The first-order valence-corrected chi connectivity index (χ1v) is 9.93. The number of hydrogen-bond acceptors (Lipinski definition) is 5. The van der Waals surface area contributed by atoms with E-state index < -0.39 is 0 Å². The first kappa shape index (κ1) is 16.7. The van der Waals surface area contributed by atoms with Crippen molar-refractivity contribution in [2.45, 2.75) is 70.6 Å². The van der Waals surface area contributed by atoms with Crippen LogP contribution >= 0.6 is 11.8 Å². The predicted molar refractivity (Wildman–Crippen MR) is 100.0 cm³/mol. The Balaban J connectivity index is 1.84. The number of hydrogen-bond donors (Lipinski definition) is 1. The Morgan fingerprint density at radius 1 is 1.12 bits per heavy atom. The van der Waals surface area contributed by atoms with Crippen LogP contribution in [0.15, 0.2) is 14.3 Å². The maximum atomic E-state index is 12.8. The Labute approximate surface area is 151 Å². The van der Waals surface area contributed by atoms with E-state index in [9.17, 15) is 4.79 Å². The van der Waals surface area contributed by atoms with Crippen LogP contribution in [0.5, 0.6) is 0 Å². The molecular formula is C18H24N4O2S. The van der Waals surface area contributed by atoms with Crippen molar-refractivity contribution in [1.82, 2.24) is 14.9 Å². The number of fused-ring (bicyclic) bond motifs is 1. The Morgan fingerprint density at radius 2 is 1.84 bits per heavy atom. The number of thioether (sulfide) groups is 1. The summed E-state index contributed by atoms with van der Waals surface area (Å²) in [6.45, 7) is 5.85. The van der Waals surface area contributed by atoms with E-state index in [1.807, 2.05) is 25.5 Å². The van der Waals surface area contributed by atoms with E-state index in [1.54, 1.807) is 11.8 Å². The highest BCUT2D eigenvalue weighted by Gasteiger charge is 2.35. The van der Waals surface area contributed by atoms with Gasteiger partial charge in [-0.1, -0.05) is 42.6 Å². The summed E-state index contributed by atoms with van der Waals surface area (Å²) in [4.78, 5) is 17.6. The van der Waals surface area contributed by atoms with Gasteiger partial charge >= 0.3 is 0 Å². The zero-order valence-electron chi connectivity index (χ0n) is 15.0. The summed E-state index contributed by atoms with van der Waals surface area (Å²) in [5, 5.41) is 8.04. The van der Waals surface area contributed by atoms with E-state index in [-0.39, 0.29) is 10.8 Å². The molecule has 134 valence electrons. The van der Waals surface area contributed by atoms with Gasteiger partial charge in [0.25, 0.3) is 5.56 Å². The highest BCUT2D eigenvalue weighted by molar-refractivity contribution is 8.14. The van der Waals surface area contributed by atoms with Crippen LogP contribution in [0.4, 0.5) is 5.82 Å². The van der Waals surface area contributed by atoms with Gasteiger partial charge in [-0.25, -0.2) is 4.99 Å². The van der Waals surface area contributed by atoms with E-state index in [4.69, 9.17) is 9.52 Å². The van der Waals surface area contributed by atoms with Gasteiger partial charge in [0.2, 0.25) is 0 Å². The summed E-state index contributed by atoms with van der Waals surface area (Å²) in [7, 11) is 0. The lowest BCUT2D eigenvalue weighted by molar-refractivity contribution is 0.392. The number of rotatable bonds is 2. The van der Waals surface area contributed by atoms with Gasteiger partial charge in [-0.15, -0.1) is 0 Å². The Hall–Kier alpha value is -1.76. The molecule has 2 aromatic rings. The van der Waals surface area contributed by atoms with Gasteiger partial charge in [0, 0.05) is 5.56 Å². The molecule has 3 heterocycles. The third-order valence-electron chi connectivity index (χ3n) is 5.29. The minimum atomic E-state index is -0.102. The SMILES string of the molecule is CC1=Nc2c(c(=O)[nH]n2C2CCCCCC2)[C@@H](c2c(C)noc2C)S1. The van der Waals surface area contributed by atoms with E-state index >= 15 is 0 Å². The standard InChI is InChI=1S/C18H24N4O2S/c1-10-14(11(2)24-21-10)16-15-17(19-12(3)25-16)22(20-18(15)23)13-8-6-4-5-7-9-13/h13,16H,4-9H2,1-3H3,(H,20,23)/t16-/m1/s1. The minimum Gasteiger partial charge on any atom is -0.361 e. The van der Waals surface area contributed by atoms with Crippen LogP contribution in [-0.2, 0) is 0 Å². The molecule has 2 aromatic heterocycles. The van der Waals surface area contributed by atoms with Gasteiger partial charge in [-0.2, -0.15) is 0 Å². The topological polar surface area (TPSA) is 76.2 Å². The number of H-pyrrole nitrogens is 1. The molecule has 1 saturated carbocycles. The number of nitrogens with zero attached hydrogens (tertiary/aromatic N) is 3. The maximum absolute atomic E-state index is 12.8. The quantitative estimate of drug-likeness (QED) is 0.796. The molecule has 0 aromatic carbocycles. The van der Waals surface area contributed by atoms with Crippen LogP contribution in [-0.4, -0.2) is 20.0 Å². The first-order chi connectivity index (χ1) is 12.1. The van der Waals surface area contributed by atoms with Crippen LogP contribution in [0.25, 0.3) is 0 Å². The van der Waals surface area contributed by atoms with Crippen molar-refractivity contribution in [3.63, 3.8) is 0 Å². The number of aromatic nitrogens is 3. The van der Waals surface area contributed by atoms with Crippen molar-refractivity contribution >= 4 is 22.6 Å². The molecule has 7 heteroatoms. The third-order valence-corrected chi connectivity index (χ3v) is 6.43. The highest BCUT2D eigenvalue weighted by atomic mass is 32.2. The van der Waals surface area contributed by atoms with Crippen molar-refractivity contribution in [2.75, 3.05) is 0 Å². The van der Waals surface area contributed by atoms with Crippen LogP contribution in [0, 0.1) is 13.8 Å². The molecule has 2 aliphatic rings. The number of aromatic amines is 1. The molecule has 1 aliphatic heterocycles. The summed E-state index contributed by atoms with van der Waals surface area (Å²) >= 11 is 1.61. The molecule has 0 amide bonds. The fourth-order valence-corrected chi connectivity index (χ4v) is 5.32. The monoisotopic (exact) mass is 360 g/mol. The van der Waals surface area contributed by atoms with Gasteiger partial charge in [0.05, 0.1) is 27.6 Å². The highest BCUT2D eigenvalue weighted by Crippen LogP contribution is 2.46. The van der Waals surface area contributed by atoms with Gasteiger partial charge in [0.1, 0.15) is 5.76 Å². The zero-order chi connectivity index (χ0) is 17.6. The molecule has 1 aliphatic carbocycles. The average molecular weight is 360 g/mol. The molecule has 0 radical (unpaired) electrons. The number of aryl methyl sites for hydroxylation is 2. The molecule has 25 heavy (non-hydrogen) atoms. The van der Waals surface area contributed by atoms with Crippen molar-refractivity contribution < 1.29 is 4.52 Å². The molecule has 1 fully saturated rings. The van der Waals surface area contributed by atoms with Crippen LogP contribution in [0.2, 0.25) is 0 Å². The summed E-state index contributed by atoms with van der Waals surface area (Å²) < 4.78 is 7.40. The Bertz CT molecular complexity index is 849. The smallest absolute Gasteiger partial charge is 0.271 e. The predicted octanol–water partition coefficient (Wildman–Crippen LogP) is 4.56. The molecule has 0 unspecified atom stereocenters. The van der Waals surface area contributed by atoms with Gasteiger partial charge in [0.15, 0.2) is 5.82 Å². The number of aliphatic imine (C=N–C) groups is 1. The zero-order valence-corrected chi connectivity index (χ0v) is 15.8. The summed E-state index contributed by atoms with van der Waals surface area (Å²) in [6.07, 6.45) is 7.20. The van der Waals surface area contributed by atoms with Crippen molar-refractivity contribution in [3.05, 3.63) is 32.9 Å². The lowest BCUT2D eigenvalue weighted by Gasteiger charge is -2.23. The van der Waals surface area contributed by atoms with Crippen molar-refractivity contribution in [2.24, 2.45) is 4.99 Å². The molecule has 0 bridgehead atoms. The molecule has 4 rings (SSSR count). The maximum Gasteiger partial charge on any atom is 0.271 e. The van der Waals surface area contributed by atoms with Crippen molar-refractivity contribution in [1.29, 1.82) is 0 Å².